The van der Waals surface area contributed by atoms with Gasteiger partial charge in [-0.15, -0.1) is 0 Å². The van der Waals surface area contributed by atoms with Crippen LogP contribution in [0.3, 0.4) is 0 Å². The molecule has 4 rings (SSSR count). The van der Waals surface area contributed by atoms with Crippen molar-refractivity contribution in [3.8, 4) is 11.5 Å². The van der Waals surface area contributed by atoms with Crippen molar-refractivity contribution in [1.29, 1.82) is 0 Å². The molecule has 2 heterocycles. The lowest BCUT2D eigenvalue weighted by Gasteiger charge is -2.27. The van der Waals surface area contributed by atoms with Gasteiger partial charge < -0.3 is 14.2 Å². The van der Waals surface area contributed by atoms with Crippen LogP contribution in [-0.4, -0.2) is 55.0 Å². The van der Waals surface area contributed by atoms with Gasteiger partial charge in [0, 0.05) is 19.2 Å². The van der Waals surface area contributed by atoms with Gasteiger partial charge in [-0.05, 0) is 18.6 Å². The molecule has 3 aromatic rings. The monoisotopic (exact) mass is 409 g/mol. The third-order valence-electron chi connectivity index (χ3n) is 5.47. The Labute approximate surface area is 175 Å². The zero-order chi connectivity index (χ0) is 21.1. The summed E-state index contributed by atoms with van der Waals surface area (Å²) in [5.41, 5.74) is 2.78. The summed E-state index contributed by atoms with van der Waals surface area (Å²) in [4.78, 5) is 20.7. The molecule has 0 radical (unpaired) electrons. The van der Waals surface area contributed by atoms with E-state index >= 15 is 0 Å². The van der Waals surface area contributed by atoms with Crippen LogP contribution in [-0.2, 0) is 17.8 Å². The SMILES string of the molecule is COc1cc2nc(CN3CCOCC3)n(Cc3ccc(C)cc3)c(=O)c2cc1OC. The van der Waals surface area contributed by atoms with E-state index in [1.54, 1.807) is 30.9 Å². The molecule has 2 aromatic carbocycles. The van der Waals surface area contributed by atoms with Gasteiger partial charge in [0.05, 0.1) is 51.4 Å². The molecule has 1 aliphatic heterocycles. The lowest BCUT2D eigenvalue weighted by atomic mass is 10.1. The number of morpholine rings is 1. The first-order chi connectivity index (χ1) is 14.6. The number of methoxy groups -OCH3 is 2. The van der Waals surface area contributed by atoms with Crippen molar-refractivity contribution in [3.05, 3.63) is 63.7 Å². The smallest absolute Gasteiger partial charge is 0.261 e. The molecule has 0 saturated carbocycles. The van der Waals surface area contributed by atoms with E-state index < -0.39 is 0 Å². The molecule has 1 fully saturated rings. The Bertz CT molecular complexity index is 1090. The minimum Gasteiger partial charge on any atom is -0.493 e. The lowest BCUT2D eigenvalue weighted by Crippen LogP contribution is -2.38. The molecule has 30 heavy (non-hydrogen) atoms. The van der Waals surface area contributed by atoms with Crippen molar-refractivity contribution >= 4 is 10.9 Å². The molecule has 0 aliphatic carbocycles. The van der Waals surface area contributed by atoms with Gasteiger partial charge in [0.2, 0.25) is 0 Å². The minimum absolute atomic E-state index is 0.0789. The van der Waals surface area contributed by atoms with Crippen LogP contribution in [0, 0.1) is 6.92 Å². The summed E-state index contributed by atoms with van der Waals surface area (Å²) in [6.07, 6.45) is 0. The molecule has 0 atom stereocenters. The molecule has 0 N–H and O–H groups in total. The van der Waals surface area contributed by atoms with Crippen molar-refractivity contribution in [2.75, 3.05) is 40.5 Å². The van der Waals surface area contributed by atoms with E-state index in [1.807, 2.05) is 0 Å². The predicted molar refractivity (Wildman–Crippen MR) is 115 cm³/mol. The number of hydrogen-bond acceptors (Lipinski definition) is 6. The second-order valence-corrected chi connectivity index (χ2v) is 7.52. The minimum atomic E-state index is -0.0789. The van der Waals surface area contributed by atoms with Gasteiger partial charge in [-0.25, -0.2) is 4.98 Å². The van der Waals surface area contributed by atoms with Crippen LogP contribution in [0.4, 0.5) is 0 Å². The second-order valence-electron chi connectivity index (χ2n) is 7.52. The quantitative estimate of drug-likeness (QED) is 0.624. The molecule has 158 valence electrons. The highest BCUT2D eigenvalue weighted by atomic mass is 16.5. The van der Waals surface area contributed by atoms with Crippen LogP contribution in [0.25, 0.3) is 10.9 Å². The van der Waals surface area contributed by atoms with E-state index in [2.05, 4.69) is 36.1 Å². The molecule has 0 bridgehead atoms. The zero-order valence-electron chi connectivity index (χ0n) is 17.7. The molecule has 1 aliphatic rings. The van der Waals surface area contributed by atoms with Crippen molar-refractivity contribution in [3.63, 3.8) is 0 Å². The first-order valence-corrected chi connectivity index (χ1v) is 10.1. The first-order valence-electron chi connectivity index (χ1n) is 10.1. The average molecular weight is 409 g/mol. The summed E-state index contributed by atoms with van der Waals surface area (Å²) in [7, 11) is 3.14. The number of nitrogens with zero attached hydrogens (tertiary/aromatic N) is 3. The van der Waals surface area contributed by atoms with Gasteiger partial charge in [0.25, 0.3) is 5.56 Å². The van der Waals surface area contributed by atoms with Gasteiger partial charge in [0.1, 0.15) is 5.82 Å². The van der Waals surface area contributed by atoms with E-state index in [-0.39, 0.29) is 5.56 Å². The fraction of sp³-hybridized carbons (Fsp3) is 0.391. The average Bonchev–Trinajstić information content (AvgIpc) is 2.77. The highest BCUT2D eigenvalue weighted by Gasteiger charge is 2.19. The fourth-order valence-corrected chi connectivity index (χ4v) is 3.71. The molecule has 7 heteroatoms. The second kappa shape index (κ2) is 8.85. The Morgan fingerprint density at radius 3 is 2.33 bits per heavy atom. The Kier molecular flexibility index (Phi) is 6.01. The summed E-state index contributed by atoms with van der Waals surface area (Å²) in [5.74, 6) is 1.82. The third-order valence-corrected chi connectivity index (χ3v) is 5.47. The number of fused-ring (bicyclic) bond motifs is 1. The van der Waals surface area contributed by atoms with Gasteiger partial charge in [-0.2, -0.15) is 0 Å². The largest absolute Gasteiger partial charge is 0.493 e. The summed E-state index contributed by atoms with van der Waals surface area (Å²) < 4.78 is 18.0. The highest BCUT2D eigenvalue weighted by Crippen LogP contribution is 2.30. The maximum absolute atomic E-state index is 13.5. The van der Waals surface area contributed by atoms with Crippen molar-refractivity contribution in [2.24, 2.45) is 0 Å². The van der Waals surface area contributed by atoms with Crippen LogP contribution < -0.4 is 15.0 Å². The van der Waals surface area contributed by atoms with E-state index in [9.17, 15) is 4.79 Å². The topological polar surface area (TPSA) is 65.8 Å². The normalized spacial score (nSPS) is 14.8. The van der Waals surface area contributed by atoms with Crippen molar-refractivity contribution in [1.82, 2.24) is 14.5 Å². The molecular formula is C23H27N3O4. The summed E-state index contributed by atoms with van der Waals surface area (Å²) >= 11 is 0. The van der Waals surface area contributed by atoms with Gasteiger partial charge in [-0.1, -0.05) is 29.8 Å². The van der Waals surface area contributed by atoms with Gasteiger partial charge in [0.15, 0.2) is 11.5 Å². The van der Waals surface area contributed by atoms with Crippen LogP contribution in [0.2, 0.25) is 0 Å². The molecule has 0 unspecified atom stereocenters. The van der Waals surface area contributed by atoms with Crippen LogP contribution >= 0.6 is 0 Å². The highest BCUT2D eigenvalue weighted by molar-refractivity contribution is 5.82. The number of aromatic nitrogens is 2. The molecular weight excluding hydrogens is 382 g/mol. The fourth-order valence-electron chi connectivity index (χ4n) is 3.71. The van der Waals surface area contributed by atoms with Crippen molar-refractivity contribution < 1.29 is 14.2 Å². The molecule has 0 amide bonds. The third kappa shape index (κ3) is 4.17. The summed E-state index contributed by atoms with van der Waals surface area (Å²) in [6.45, 7) is 6.15. The first kappa shape index (κ1) is 20.4. The number of ether oxygens (including phenoxy) is 3. The zero-order valence-corrected chi connectivity index (χ0v) is 17.7. The number of aryl methyl sites for hydroxylation is 1. The Morgan fingerprint density at radius 1 is 1.00 bits per heavy atom. The Balaban J connectivity index is 1.83. The maximum Gasteiger partial charge on any atom is 0.261 e. The predicted octanol–water partition coefficient (Wildman–Crippen LogP) is 2.60. The van der Waals surface area contributed by atoms with Crippen LogP contribution in [0.1, 0.15) is 17.0 Å². The van der Waals surface area contributed by atoms with E-state index in [0.29, 0.717) is 48.7 Å². The lowest BCUT2D eigenvalue weighted by molar-refractivity contribution is 0.0325. The Morgan fingerprint density at radius 2 is 1.67 bits per heavy atom. The summed E-state index contributed by atoms with van der Waals surface area (Å²) in [6, 6.07) is 11.7. The number of benzene rings is 2. The molecule has 0 spiro atoms. The van der Waals surface area contributed by atoms with Gasteiger partial charge >= 0.3 is 0 Å². The van der Waals surface area contributed by atoms with E-state index in [1.165, 1.54) is 5.56 Å². The van der Waals surface area contributed by atoms with E-state index in [0.717, 1.165) is 24.5 Å². The van der Waals surface area contributed by atoms with Gasteiger partial charge in [-0.3, -0.25) is 14.3 Å². The number of hydrogen-bond donors (Lipinski definition) is 0. The van der Waals surface area contributed by atoms with Crippen LogP contribution in [0.5, 0.6) is 11.5 Å². The van der Waals surface area contributed by atoms with Crippen LogP contribution in [0.15, 0.2) is 41.2 Å². The molecule has 7 nitrogen and oxygen atoms in total. The van der Waals surface area contributed by atoms with Crippen molar-refractivity contribution in [2.45, 2.75) is 20.0 Å². The maximum atomic E-state index is 13.5. The standard InChI is InChI=1S/C23H27N3O4/c1-16-4-6-17(7-5-16)14-26-22(15-25-8-10-30-11-9-25)24-19-13-21(29-3)20(28-2)12-18(19)23(26)27/h4-7,12-13H,8-11,14-15H2,1-3H3. The Hall–Kier alpha value is -2.90. The van der Waals surface area contributed by atoms with E-state index in [4.69, 9.17) is 19.2 Å². The molecule has 1 saturated heterocycles. The number of rotatable bonds is 6. The molecule has 1 aromatic heterocycles. The summed E-state index contributed by atoms with van der Waals surface area (Å²) in [5, 5.41) is 0.519.